The van der Waals surface area contributed by atoms with Crippen LogP contribution in [0.1, 0.15) is 23.1 Å². The Morgan fingerprint density at radius 3 is 2.79 bits per heavy atom. The van der Waals surface area contributed by atoms with E-state index in [1.807, 2.05) is 0 Å². The minimum atomic E-state index is -4.63. The van der Waals surface area contributed by atoms with Crippen molar-refractivity contribution in [3.8, 4) is 0 Å². The lowest BCUT2D eigenvalue weighted by Gasteiger charge is -2.09. The molecule has 0 aliphatic heterocycles. The fourth-order valence-corrected chi connectivity index (χ4v) is 1.97. The number of halogens is 4. The Morgan fingerprint density at radius 2 is 2.21 bits per heavy atom. The van der Waals surface area contributed by atoms with Gasteiger partial charge in [-0.15, -0.1) is 0 Å². The Hall–Kier alpha value is -1.64. The van der Waals surface area contributed by atoms with Crippen LogP contribution in [0.4, 0.5) is 13.2 Å². The lowest BCUT2D eigenvalue weighted by Crippen LogP contribution is -2.14. The Kier molecular flexibility index (Phi) is 3.48. The van der Waals surface area contributed by atoms with Crippen molar-refractivity contribution in [1.82, 2.24) is 14.6 Å². The maximum atomic E-state index is 12.9. The average Bonchev–Trinajstić information content (AvgIpc) is 2.70. The summed E-state index contributed by atoms with van der Waals surface area (Å²) < 4.78 is 43.7. The molecule has 2 aromatic heterocycles. The number of hydrogen-bond acceptors (Lipinski definition) is 4. The summed E-state index contributed by atoms with van der Waals surface area (Å²) >= 11 is 2.77. The van der Waals surface area contributed by atoms with Crippen LogP contribution in [0, 0.1) is 0 Å². The number of alkyl halides is 3. The molecule has 0 fully saturated rings. The molecule has 0 N–H and O–H groups in total. The van der Waals surface area contributed by atoms with E-state index in [0.717, 1.165) is 12.3 Å². The summed E-state index contributed by atoms with van der Waals surface area (Å²) in [4.78, 5) is 15.2. The summed E-state index contributed by atoms with van der Waals surface area (Å²) in [6.45, 7) is 1.69. The van der Waals surface area contributed by atoms with Crippen LogP contribution in [-0.4, -0.2) is 27.2 Å². The Bertz CT molecular complexity index is 639. The zero-order chi connectivity index (χ0) is 14.2. The van der Waals surface area contributed by atoms with Crippen LogP contribution >= 0.6 is 15.9 Å². The lowest BCUT2D eigenvalue weighted by atomic mass is 10.4. The van der Waals surface area contributed by atoms with Crippen LogP contribution in [0.25, 0.3) is 5.65 Å². The van der Waals surface area contributed by atoms with Gasteiger partial charge in [-0.2, -0.15) is 18.3 Å². The molecule has 2 rings (SSSR count). The second-order valence-electron chi connectivity index (χ2n) is 3.47. The first-order chi connectivity index (χ1) is 8.84. The third-order valence-corrected chi connectivity index (χ3v) is 2.77. The maximum Gasteiger partial charge on any atom is 0.434 e. The monoisotopic (exact) mass is 337 g/mol. The largest absolute Gasteiger partial charge is 0.461 e. The molecule has 0 aliphatic carbocycles. The Labute approximate surface area is 113 Å². The molecular weight excluding hydrogens is 331 g/mol. The van der Waals surface area contributed by atoms with Gasteiger partial charge in [-0.05, 0) is 22.9 Å². The molecule has 0 atom stereocenters. The van der Waals surface area contributed by atoms with Crippen molar-refractivity contribution >= 4 is 27.5 Å². The van der Waals surface area contributed by atoms with E-state index in [4.69, 9.17) is 0 Å². The first-order valence-corrected chi connectivity index (χ1v) is 5.92. The number of ether oxygens (including phenoxy) is 1. The molecular formula is C10H7BrF3N3O2. The fraction of sp³-hybridized carbons (Fsp3) is 0.300. The zero-order valence-corrected chi connectivity index (χ0v) is 11.1. The molecule has 9 heteroatoms. The van der Waals surface area contributed by atoms with E-state index in [-0.39, 0.29) is 22.4 Å². The Balaban J connectivity index is 2.63. The van der Waals surface area contributed by atoms with Crippen molar-refractivity contribution in [2.75, 3.05) is 6.61 Å². The van der Waals surface area contributed by atoms with Gasteiger partial charge >= 0.3 is 12.1 Å². The zero-order valence-electron chi connectivity index (χ0n) is 9.53. The first-order valence-electron chi connectivity index (χ1n) is 5.13. The van der Waals surface area contributed by atoms with Crippen LogP contribution in [0.15, 0.2) is 16.7 Å². The van der Waals surface area contributed by atoms with E-state index in [1.165, 1.54) is 0 Å². The highest BCUT2D eigenvalue weighted by atomic mass is 79.9. The molecule has 0 bridgehead atoms. The molecule has 19 heavy (non-hydrogen) atoms. The standard InChI is InChI=1S/C10H7BrF3N3O2/c1-2-19-9(18)6-3-7-15-4-5(11)8(10(12,13)14)17(7)16-6/h3-4H,2H2,1H3. The van der Waals surface area contributed by atoms with E-state index in [1.54, 1.807) is 6.92 Å². The molecule has 0 unspecified atom stereocenters. The van der Waals surface area contributed by atoms with E-state index in [9.17, 15) is 18.0 Å². The van der Waals surface area contributed by atoms with Crippen molar-refractivity contribution in [3.05, 3.63) is 28.1 Å². The van der Waals surface area contributed by atoms with E-state index in [2.05, 4.69) is 30.7 Å². The number of fused-ring (bicyclic) bond motifs is 1. The van der Waals surface area contributed by atoms with Crippen LogP contribution < -0.4 is 0 Å². The summed E-state index contributed by atoms with van der Waals surface area (Å²) in [5.41, 5.74) is -1.34. The highest BCUT2D eigenvalue weighted by Crippen LogP contribution is 2.34. The van der Waals surface area contributed by atoms with Gasteiger partial charge in [-0.3, -0.25) is 0 Å². The highest BCUT2D eigenvalue weighted by Gasteiger charge is 2.37. The second-order valence-corrected chi connectivity index (χ2v) is 4.33. The second kappa shape index (κ2) is 4.80. The van der Waals surface area contributed by atoms with E-state index in [0.29, 0.717) is 4.52 Å². The van der Waals surface area contributed by atoms with Gasteiger partial charge < -0.3 is 4.74 Å². The molecule has 2 heterocycles. The third-order valence-electron chi connectivity index (χ3n) is 2.19. The summed E-state index contributed by atoms with van der Waals surface area (Å²) in [5.74, 6) is -0.794. The fourth-order valence-electron chi connectivity index (χ4n) is 1.47. The van der Waals surface area contributed by atoms with Gasteiger partial charge in [-0.1, -0.05) is 0 Å². The number of nitrogens with zero attached hydrogens (tertiary/aromatic N) is 3. The first kappa shape index (κ1) is 13.8. The molecule has 0 aromatic carbocycles. The Morgan fingerprint density at radius 1 is 1.53 bits per heavy atom. The molecule has 5 nitrogen and oxygen atoms in total. The smallest absolute Gasteiger partial charge is 0.434 e. The van der Waals surface area contributed by atoms with Crippen molar-refractivity contribution in [1.29, 1.82) is 0 Å². The molecule has 0 amide bonds. The summed E-state index contributed by atoms with van der Waals surface area (Å²) in [6, 6.07) is 1.14. The molecule has 0 aliphatic rings. The molecule has 0 spiro atoms. The van der Waals surface area contributed by atoms with E-state index < -0.39 is 17.8 Å². The molecule has 0 saturated carbocycles. The van der Waals surface area contributed by atoms with Crippen molar-refractivity contribution in [2.45, 2.75) is 13.1 Å². The van der Waals surface area contributed by atoms with Crippen molar-refractivity contribution < 1.29 is 22.7 Å². The van der Waals surface area contributed by atoms with Crippen LogP contribution in [0.3, 0.4) is 0 Å². The normalized spacial score (nSPS) is 11.8. The number of esters is 1. The predicted molar refractivity (Wildman–Crippen MR) is 61.6 cm³/mol. The third kappa shape index (κ3) is 2.55. The number of carbonyl (C=O) groups is 1. The maximum absolute atomic E-state index is 12.9. The average molecular weight is 338 g/mol. The minimum absolute atomic E-state index is 0.0846. The van der Waals surface area contributed by atoms with Gasteiger partial charge in [0.05, 0.1) is 11.1 Å². The minimum Gasteiger partial charge on any atom is -0.461 e. The van der Waals surface area contributed by atoms with Gasteiger partial charge in [-0.25, -0.2) is 14.3 Å². The van der Waals surface area contributed by atoms with Crippen molar-refractivity contribution in [3.63, 3.8) is 0 Å². The van der Waals surface area contributed by atoms with Crippen molar-refractivity contribution in [2.24, 2.45) is 0 Å². The summed E-state index contributed by atoms with van der Waals surface area (Å²) in [6.07, 6.45) is -3.62. The van der Waals surface area contributed by atoms with Crippen LogP contribution in [0.2, 0.25) is 0 Å². The lowest BCUT2D eigenvalue weighted by molar-refractivity contribution is -0.143. The van der Waals surface area contributed by atoms with Crippen LogP contribution in [0.5, 0.6) is 0 Å². The predicted octanol–water partition coefficient (Wildman–Crippen LogP) is 2.69. The molecule has 2 aromatic rings. The molecule has 0 saturated heterocycles. The van der Waals surface area contributed by atoms with Gasteiger partial charge in [0, 0.05) is 12.3 Å². The van der Waals surface area contributed by atoms with Crippen LogP contribution in [-0.2, 0) is 10.9 Å². The quantitative estimate of drug-likeness (QED) is 0.790. The summed E-state index contributed by atoms with van der Waals surface area (Å²) in [5, 5.41) is 3.59. The number of aromatic nitrogens is 3. The number of carbonyl (C=O) groups excluding carboxylic acids is 1. The molecule has 102 valence electrons. The number of rotatable bonds is 2. The van der Waals surface area contributed by atoms with Gasteiger partial charge in [0.15, 0.2) is 17.0 Å². The summed E-state index contributed by atoms with van der Waals surface area (Å²) in [7, 11) is 0. The highest BCUT2D eigenvalue weighted by molar-refractivity contribution is 9.10. The topological polar surface area (TPSA) is 56.5 Å². The van der Waals surface area contributed by atoms with Gasteiger partial charge in [0.25, 0.3) is 0 Å². The van der Waals surface area contributed by atoms with Gasteiger partial charge in [0.2, 0.25) is 0 Å². The number of hydrogen-bond donors (Lipinski definition) is 0. The van der Waals surface area contributed by atoms with E-state index >= 15 is 0 Å². The van der Waals surface area contributed by atoms with Gasteiger partial charge in [0.1, 0.15) is 0 Å². The molecule has 0 radical (unpaired) electrons. The SMILES string of the molecule is CCOC(=O)c1cc2ncc(Br)c(C(F)(F)F)n2n1.